The first kappa shape index (κ1) is 46.5. The van der Waals surface area contributed by atoms with Gasteiger partial charge in [0.05, 0.1) is 28.6 Å². The van der Waals surface area contributed by atoms with Gasteiger partial charge in [-0.2, -0.15) is 0 Å². The van der Waals surface area contributed by atoms with Crippen molar-refractivity contribution in [3.05, 3.63) is 146 Å². The maximum Gasteiger partial charge on any atom is 0.323 e. The number of pyridine rings is 2. The van der Waals surface area contributed by atoms with Gasteiger partial charge in [0.15, 0.2) is 11.5 Å². The zero-order valence-corrected chi connectivity index (χ0v) is 38.3. The number of fused-ring (bicyclic) bond motifs is 5. The van der Waals surface area contributed by atoms with E-state index in [1.54, 1.807) is 12.1 Å². The van der Waals surface area contributed by atoms with Gasteiger partial charge in [-0.25, -0.2) is 14.8 Å². The lowest BCUT2D eigenvalue weighted by Gasteiger charge is -2.05. The fraction of sp³-hybridized carbons (Fsp3) is 0.333. The quantitative estimate of drug-likeness (QED) is 0.106. The van der Waals surface area contributed by atoms with Gasteiger partial charge < -0.3 is 29.7 Å². The first-order valence-corrected chi connectivity index (χ1v) is 21.8. The molecule has 0 saturated heterocycles. The number of hydrogen-bond acceptors (Lipinski definition) is 8. The van der Waals surface area contributed by atoms with Crippen molar-refractivity contribution in [2.24, 2.45) is 0 Å². The lowest BCUT2D eigenvalue weighted by Crippen LogP contribution is -2.19. The number of imide groups is 1. The first-order chi connectivity index (χ1) is 30.5. The van der Waals surface area contributed by atoms with E-state index in [1.165, 1.54) is 22.1 Å². The Morgan fingerprint density at radius 3 is 1.89 bits per heavy atom. The van der Waals surface area contributed by atoms with Crippen molar-refractivity contribution in [2.45, 2.75) is 105 Å². The summed E-state index contributed by atoms with van der Waals surface area (Å²) < 4.78 is 10.5. The molecule has 5 N–H and O–H groups in total. The fourth-order valence-corrected chi connectivity index (χ4v) is 6.93. The van der Waals surface area contributed by atoms with E-state index in [9.17, 15) is 19.2 Å². The minimum absolute atomic E-state index is 0.0448. The molecule has 334 valence electrons. The van der Waals surface area contributed by atoms with Crippen LogP contribution < -0.4 is 25.8 Å². The third-order valence-electron chi connectivity index (χ3n) is 11.0. The number of nitrogens with one attached hydrogen (secondary N) is 5. The van der Waals surface area contributed by atoms with E-state index in [0.717, 1.165) is 50.8 Å². The summed E-state index contributed by atoms with van der Waals surface area (Å²) in [6, 6.07) is 25.8. The monoisotopic (exact) mass is 865 g/mol. The van der Waals surface area contributed by atoms with Gasteiger partial charge in [0.2, 0.25) is 12.7 Å². The number of H-pyrrole nitrogens is 3. The second-order valence-electron chi connectivity index (χ2n) is 17.5. The molecule has 3 aliphatic rings. The minimum atomic E-state index is -0.291. The average molecular weight is 866 g/mol. The molecule has 3 aliphatic heterocycles. The number of ether oxygens (including phenoxy) is 2. The van der Waals surface area contributed by atoms with E-state index in [1.807, 2.05) is 54.9 Å². The zero-order chi connectivity index (χ0) is 46.2. The Morgan fingerprint density at radius 2 is 1.19 bits per heavy atom. The SMILES string of the molecule is CC(C)c1ccc2[nH]c(=O)[nH]c2c1.CC(C)c1ccc2c(c1)C(=O)NC2=O.CC(C)c1ccc2c(c1)OCO2.CC(C)c1ccc2cc[nH]c2n1.CC(C)c1cnc2c(c1)CC(=O)N2. The van der Waals surface area contributed by atoms with Crippen molar-refractivity contribution < 1.29 is 23.9 Å². The van der Waals surface area contributed by atoms with Crippen molar-refractivity contribution in [1.29, 1.82) is 0 Å². The fourth-order valence-electron chi connectivity index (χ4n) is 6.93. The van der Waals surface area contributed by atoms with Crippen LogP contribution in [0.1, 0.15) is 153 Å². The van der Waals surface area contributed by atoms with E-state index in [0.29, 0.717) is 53.9 Å². The number of benzene rings is 3. The molecular weight excluding hydrogens is 807 g/mol. The van der Waals surface area contributed by atoms with Crippen LogP contribution in [0.2, 0.25) is 0 Å². The molecule has 0 aliphatic carbocycles. The molecule has 0 radical (unpaired) electrons. The normalized spacial score (nSPS) is 13.1. The van der Waals surface area contributed by atoms with Gasteiger partial charge >= 0.3 is 5.69 Å². The van der Waals surface area contributed by atoms with Crippen LogP contribution in [0.15, 0.2) is 96.1 Å². The molecule has 64 heavy (non-hydrogen) atoms. The van der Waals surface area contributed by atoms with Crippen molar-refractivity contribution in [3.63, 3.8) is 0 Å². The summed E-state index contributed by atoms with van der Waals surface area (Å²) in [5.74, 6) is 4.29. The van der Waals surface area contributed by atoms with Gasteiger partial charge in [-0.05, 0) is 113 Å². The Hall–Kier alpha value is -7.02. The molecule has 0 unspecified atom stereocenters. The van der Waals surface area contributed by atoms with Crippen LogP contribution in [-0.4, -0.2) is 49.4 Å². The molecule has 7 heterocycles. The summed E-state index contributed by atoms with van der Waals surface area (Å²) in [6.07, 6.45) is 4.22. The van der Waals surface area contributed by atoms with Gasteiger partial charge in [-0.15, -0.1) is 0 Å². The number of hydrogen-bond donors (Lipinski definition) is 5. The number of imidazole rings is 1. The molecule has 10 rings (SSSR count). The predicted molar refractivity (Wildman–Crippen MR) is 253 cm³/mol. The highest BCUT2D eigenvalue weighted by atomic mass is 16.7. The van der Waals surface area contributed by atoms with Crippen LogP contribution in [0, 0.1) is 0 Å². The van der Waals surface area contributed by atoms with E-state index in [4.69, 9.17) is 9.47 Å². The topological polar surface area (TPSA) is 184 Å². The maximum atomic E-state index is 11.3. The number of carbonyl (C=O) groups is 3. The summed E-state index contributed by atoms with van der Waals surface area (Å²) in [5.41, 5.74) is 10.6. The second kappa shape index (κ2) is 20.4. The largest absolute Gasteiger partial charge is 0.454 e. The van der Waals surface area contributed by atoms with Gasteiger partial charge in [0.25, 0.3) is 11.8 Å². The Labute approximate surface area is 373 Å². The molecule has 3 aromatic carbocycles. The second-order valence-corrected chi connectivity index (χ2v) is 17.5. The maximum absolute atomic E-state index is 11.3. The average Bonchev–Trinajstić information content (AvgIpc) is 4.11. The minimum Gasteiger partial charge on any atom is -0.454 e. The lowest BCUT2D eigenvalue weighted by molar-refractivity contribution is -0.115. The van der Waals surface area contributed by atoms with Crippen LogP contribution in [0.25, 0.3) is 22.1 Å². The first-order valence-electron chi connectivity index (χ1n) is 21.8. The van der Waals surface area contributed by atoms with Crippen molar-refractivity contribution in [2.75, 3.05) is 12.1 Å². The highest BCUT2D eigenvalue weighted by molar-refractivity contribution is 6.21. The number of anilines is 1. The van der Waals surface area contributed by atoms with E-state index >= 15 is 0 Å². The molecule has 0 bridgehead atoms. The highest BCUT2D eigenvalue weighted by Crippen LogP contribution is 2.34. The number of aromatic nitrogens is 5. The number of amides is 3. The Balaban J connectivity index is 0.000000133. The lowest BCUT2D eigenvalue weighted by atomic mass is 9.98. The number of rotatable bonds is 5. The molecule has 0 saturated carbocycles. The van der Waals surface area contributed by atoms with Crippen molar-refractivity contribution in [3.8, 4) is 11.5 Å². The van der Waals surface area contributed by atoms with E-state index in [-0.39, 0.29) is 23.4 Å². The number of nitrogens with zero attached hydrogens (tertiary/aromatic N) is 2. The predicted octanol–water partition coefficient (Wildman–Crippen LogP) is 10.6. The Kier molecular flexibility index (Phi) is 14.8. The molecule has 4 aromatic heterocycles. The summed E-state index contributed by atoms with van der Waals surface area (Å²) in [4.78, 5) is 61.8. The van der Waals surface area contributed by atoms with Crippen LogP contribution in [0.5, 0.6) is 11.5 Å². The number of aromatic amines is 3. The van der Waals surface area contributed by atoms with Crippen LogP contribution >= 0.6 is 0 Å². The van der Waals surface area contributed by atoms with E-state index in [2.05, 4.69) is 129 Å². The zero-order valence-electron chi connectivity index (χ0n) is 38.3. The molecule has 3 amide bonds. The van der Waals surface area contributed by atoms with Gasteiger partial charge in [0.1, 0.15) is 11.5 Å². The summed E-state index contributed by atoms with van der Waals surface area (Å²) >= 11 is 0. The number of carbonyl (C=O) groups excluding carboxylic acids is 3. The molecule has 0 atom stereocenters. The Bertz CT molecular complexity index is 2830. The highest BCUT2D eigenvalue weighted by Gasteiger charge is 2.27. The Morgan fingerprint density at radius 1 is 0.562 bits per heavy atom. The van der Waals surface area contributed by atoms with Crippen molar-refractivity contribution >= 4 is 45.6 Å². The smallest absolute Gasteiger partial charge is 0.323 e. The molecule has 13 heteroatoms. The van der Waals surface area contributed by atoms with Crippen LogP contribution in [0.3, 0.4) is 0 Å². The van der Waals surface area contributed by atoms with Crippen LogP contribution in [-0.2, 0) is 11.2 Å². The van der Waals surface area contributed by atoms with Crippen molar-refractivity contribution in [1.82, 2.24) is 30.2 Å². The van der Waals surface area contributed by atoms with Gasteiger partial charge in [-0.1, -0.05) is 87.4 Å². The summed E-state index contributed by atoms with van der Waals surface area (Å²) in [6.45, 7) is 21.6. The van der Waals surface area contributed by atoms with Gasteiger partial charge in [0, 0.05) is 29.0 Å². The molecule has 13 nitrogen and oxygen atoms in total. The standard InChI is InChI=1S/C11H11NO2.2C10H12N2O.C10H12N2.C10H12O2/c1-6(2)7-3-4-8-9(5-7)11(14)12-10(8)13;1-6(2)8-3-7-4-9(13)12-10(7)11-5-8;1-6(2)7-3-4-8-9(5-7)12-10(13)11-8;1-7(2)9-4-3-8-5-6-11-10(8)12-9;1-7(2)8-3-4-9-10(5-8)12-6-11-9/h3-6H,1-2H3,(H,12,13,14);3,5-6H,4H2,1-2H3,(H,11,12,13);3-6H,1-2H3,(H2,11,12,13);3-7H,1-2H3,(H,11,12);3-5,7H,6H2,1-2H3. The molecule has 0 fully saturated rings. The third kappa shape index (κ3) is 11.5. The van der Waals surface area contributed by atoms with Gasteiger partial charge in [-0.3, -0.25) is 19.7 Å². The third-order valence-corrected chi connectivity index (χ3v) is 11.0. The summed E-state index contributed by atoms with van der Waals surface area (Å²) in [7, 11) is 0. The van der Waals surface area contributed by atoms with E-state index < -0.39 is 0 Å². The molecule has 0 spiro atoms. The molecular formula is C51H59N7O6. The summed E-state index contributed by atoms with van der Waals surface area (Å²) in [5, 5.41) is 6.16. The van der Waals surface area contributed by atoms with Crippen LogP contribution in [0.4, 0.5) is 5.82 Å². The molecule has 7 aromatic rings.